The van der Waals surface area contributed by atoms with Gasteiger partial charge in [-0.2, -0.15) is 0 Å². The minimum atomic E-state index is -0.250. The highest BCUT2D eigenvalue weighted by molar-refractivity contribution is 9.10. The van der Waals surface area contributed by atoms with E-state index in [0.717, 1.165) is 14.9 Å². The van der Waals surface area contributed by atoms with E-state index in [0.29, 0.717) is 24.9 Å². The van der Waals surface area contributed by atoms with Crippen molar-refractivity contribution in [1.82, 2.24) is 5.32 Å². The van der Waals surface area contributed by atoms with E-state index < -0.39 is 0 Å². The van der Waals surface area contributed by atoms with Crippen LogP contribution in [0.3, 0.4) is 0 Å². The molecule has 5 heteroatoms. The van der Waals surface area contributed by atoms with Gasteiger partial charge in [0.2, 0.25) is 0 Å². The third-order valence-electron chi connectivity index (χ3n) is 3.16. The van der Waals surface area contributed by atoms with Gasteiger partial charge in [-0.15, -0.1) is 11.3 Å². The molecule has 0 atom stereocenters. The van der Waals surface area contributed by atoms with Gasteiger partial charge in [-0.05, 0) is 57.9 Å². The Morgan fingerprint density at radius 2 is 2.20 bits per heavy atom. The molecule has 1 aromatic heterocycles. The summed E-state index contributed by atoms with van der Waals surface area (Å²) in [5, 5.41) is 5.38. The van der Waals surface area contributed by atoms with Gasteiger partial charge in [-0.25, -0.2) is 4.39 Å². The van der Waals surface area contributed by atoms with Crippen LogP contribution in [0.4, 0.5) is 4.39 Å². The SMILES string of the molecule is Fc1cc(CNC2CC2)cc(OCc2sccc2Br)c1. The summed E-state index contributed by atoms with van der Waals surface area (Å²) in [5.41, 5.74) is 0.928. The Labute approximate surface area is 130 Å². The van der Waals surface area contributed by atoms with E-state index >= 15 is 0 Å². The van der Waals surface area contributed by atoms with E-state index in [4.69, 9.17) is 4.74 Å². The number of benzene rings is 1. The summed E-state index contributed by atoms with van der Waals surface area (Å²) in [6.45, 7) is 1.15. The molecule has 3 rings (SSSR count). The molecule has 1 saturated carbocycles. The first-order valence-electron chi connectivity index (χ1n) is 6.58. The smallest absolute Gasteiger partial charge is 0.127 e. The van der Waals surface area contributed by atoms with E-state index in [1.165, 1.54) is 18.9 Å². The molecule has 0 bridgehead atoms. The molecule has 0 unspecified atom stereocenters. The van der Waals surface area contributed by atoms with Gasteiger partial charge in [0.1, 0.15) is 18.2 Å². The molecule has 1 N–H and O–H groups in total. The van der Waals surface area contributed by atoms with Gasteiger partial charge in [-0.1, -0.05) is 0 Å². The van der Waals surface area contributed by atoms with Crippen LogP contribution >= 0.6 is 27.3 Å². The molecular weight excluding hydrogens is 341 g/mol. The zero-order valence-electron chi connectivity index (χ0n) is 10.9. The number of hydrogen-bond donors (Lipinski definition) is 1. The first-order chi connectivity index (χ1) is 9.70. The van der Waals surface area contributed by atoms with E-state index in [2.05, 4.69) is 21.2 Å². The van der Waals surface area contributed by atoms with Crippen molar-refractivity contribution in [3.05, 3.63) is 50.4 Å². The summed E-state index contributed by atoms with van der Waals surface area (Å²) in [7, 11) is 0. The maximum Gasteiger partial charge on any atom is 0.127 e. The zero-order chi connectivity index (χ0) is 13.9. The fourth-order valence-corrected chi connectivity index (χ4v) is 3.31. The van der Waals surface area contributed by atoms with Crippen LogP contribution in [-0.4, -0.2) is 6.04 Å². The van der Waals surface area contributed by atoms with Crippen molar-refractivity contribution in [2.75, 3.05) is 0 Å². The second kappa shape index (κ2) is 6.24. The average molecular weight is 356 g/mol. The Bertz CT molecular complexity index is 597. The van der Waals surface area contributed by atoms with Gasteiger partial charge < -0.3 is 10.1 Å². The van der Waals surface area contributed by atoms with Crippen LogP contribution in [0.15, 0.2) is 34.1 Å². The second-order valence-electron chi connectivity index (χ2n) is 4.93. The van der Waals surface area contributed by atoms with Gasteiger partial charge in [0.25, 0.3) is 0 Å². The predicted molar refractivity (Wildman–Crippen MR) is 82.6 cm³/mol. The second-order valence-corrected chi connectivity index (χ2v) is 6.79. The first kappa shape index (κ1) is 14.0. The molecule has 106 valence electrons. The highest BCUT2D eigenvalue weighted by Crippen LogP contribution is 2.25. The van der Waals surface area contributed by atoms with Crippen molar-refractivity contribution in [1.29, 1.82) is 0 Å². The van der Waals surface area contributed by atoms with Gasteiger partial charge in [0, 0.05) is 23.1 Å². The summed E-state index contributed by atoms with van der Waals surface area (Å²) < 4.78 is 20.3. The highest BCUT2D eigenvalue weighted by Gasteiger charge is 2.20. The molecule has 1 aliphatic rings. The lowest BCUT2D eigenvalue weighted by Gasteiger charge is -2.09. The van der Waals surface area contributed by atoms with E-state index in [9.17, 15) is 4.39 Å². The monoisotopic (exact) mass is 355 g/mol. The first-order valence-corrected chi connectivity index (χ1v) is 8.25. The van der Waals surface area contributed by atoms with Crippen molar-refractivity contribution >= 4 is 27.3 Å². The van der Waals surface area contributed by atoms with Crippen LogP contribution < -0.4 is 10.1 Å². The number of halogens is 2. The van der Waals surface area contributed by atoms with Crippen molar-refractivity contribution in [3.8, 4) is 5.75 Å². The molecule has 0 spiro atoms. The summed E-state index contributed by atoms with van der Waals surface area (Å²) in [4.78, 5) is 1.10. The van der Waals surface area contributed by atoms with Crippen LogP contribution in [0.25, 0.3) is 0 Å². The Morgan fingerprint density at radius 1 is 1.35 bits per heavy atom. The Hall–Kier alpha value is -0.910. The Balaban J connectivity index is 1.64. The fraction of sp³-hybridized carbons (Fsp3) is 0.333. The third kappa shape index (κ3) is 3.81. The number of rotatable bonds is 6. The minimum Gasteiger partial charge on any atom is -0.488 e. The summed E-state index contributed by atoms with van der Waals surface area (Å²) in [6, 6.07) is 7.50. The highest BCUT2D eigenvalue weighted by atomic mass is 79.9. The van der Waals surface area contributed by atoms with Crippen molar-refractivity contribution < 1.29 is 9.13 Å². The molecule has 1 heterocycles. The molecule has 0 radical (unpaired) electrons. The minimum absolute atomic E-state index is 0.250. The lowest BCUT2D eigenvalue weighted by Crippen LogP contribution is -2.15. The van der Waals surface area contributed by atoms with Crippen LogP contribution in [0.1, 0.15) is 23.3 Å². The van der Waals surface area contributed by atoms with Crippen LogP contribution in [0.5, 0.6) is 5.75 Å². The number of nitrogens with one attached hydrogen (secondary N) is 1. The molecule has 2 aromatic rings. The lowest BCUT2D eigenvalue weighted by atomic mass is 10.2. The molecule has 0 aliphatic heterocycles. The molecular formula is C15H15BrFNOS. The van der Waals surface area contributed by atoms with E-state index in [1.54, 1.807) is 17.4 Å². The summed E-state index contributed by atoms with van der Waals surface area (Å²) >= 11 is 5.08. The van der Waals surface area contributed by atoms with Crippen LogP contribution in [0.2, 0.25) is 0 Å². The fourth-order valence-electron chi connectivity index (χ4n) is 1.93. The molecule has 0 amide bonds. The molecule has 1 aliphatic carbocycles. The summed E-state index contributed by atoms with van der Waals surface area (Å²) in [6.07, 6.45) is 2.45. The maximum atomic E-state index is 13.6. The van der Waals surface area contributed by atoms with Gasteiger partial charge in [-0.3, -0.25) is 0 Å². The normalized spacial score (nSPS) is 14.5. The molecule has 20 heavy (non-hydrogen) atoms. The van der Waals surface area contributed by atoms with Gasteiger partial charge in [0.15, 0.2) is 0 Å². The largest absolute Gasteiger partial charge is 0.488 e. The maximum absolute atomic E-state index is 13.6. The standard InChI is InChI=1S/C15H15BrFNOS/c16-14-3-4-20-15(14)9-19-13-6-10(5-11(17)7-13)8-18-12-1-2-12/h3-7,12,18H,1-2,8-9H2. The Kier molecular flexibility index (Phi) is 4.38. The van der Waals surface area contributed by atoms with Crippen LogP contribution in [-0.2, 0) is 13.2 Å². The average Bonchev–Trinajstić information content (AvgIpc) is 3.16. The van der Waals surface area contributed by atoms with Crippen molar-refractivity contribution in [2.45, 2.75) is 32.0 Å². The summed E-state index contributed by atoms with van der Waals surface area (Å²) in [5.74, 6) is 0.332. The molecule has 0 saturated heterocycles. The van der Waals surface area contributed by atoms with E-state index in [-0.39, 0.29) is 5.82 Å². The van der Waals surface area contributed by atoms with Crippen LogP contribution in [0, 0.1) is 5.82 Å². The third-order valence-corrected chi connectivity index (χ3v) is 5.06. The number of thiophene rings is 1. The Morgan fingerprint density at radius 3 is 2.90 bits per heavy atom. The number of hydrogen-bond acceptors (Lipinski definition) is 3. The van der Waals surface area contributed by atoms with E-state index in [1.807, 2.05) is 17.5 Å². The lowest BCUT2D eigenvalue weighted by molar-refractivity contribution is 0.307. The number of ether oxygens (including phenoxy) is 1. The quantitative estimate of drug-likeness (QED) is 0.824. The molecule has 1 fully saturated rings. The predicted octanol–water partition coefficient (Wildman–Crippen LogP) is 4.48. The zero-order valence-corrected chi connectivity index (χ0v) is 13.3. The van der Waals surface area contributed by atoms with Gasteiger partial charge in [0.05, 0.1) is 4.88 Å². The topological polar surface area (TPSA) is 21.3 Å². The van der Waals surface area contributed by atoms with Gasteiger partial charge >= 0.3 is 0 Å². The van der Waals surface area contributed by atoms with Crippen molar-refractivity contribution in [2.24, 2.45) is 0 Å². The van der Waals surface area contributed by atoms with Crippen molar-refractivity contribution in [3.63, 3.8) is 0 Å². The molecule has 1 aromatic carbocycles. The molecule has 2 nitrogen and oxygen atoms in total.